The molecule has 0 atom stereocenters. The van der Waals surface area contributed by atoms with Crippen LogP contribution in [0.5, 0.6) is 17.2 Å². The number of fused-ring (bicyclic) bond motifs is 1. The van der Waals surface area contributed by atoms with Gasteiger partial charge in [-0.3, -0.25) is 0 Å². The molecular formula is C21H21NO5. The molecule has 1 N–H and O–H groups in total. The minimum Gasteiger partial charge on any atom is -0.496 e. The van der Waals surface area contributed by atoms with Gasteiger partial charge in [-0.05, 0) is 55.3 Å². The maximum Gasteiger partial charge on any atom is 0.341 e. The van der Waals surface area contributed by atoms with Gasteiger partial charge in [0, 0.05) is 10.9 Å². The lowest BCUT2D eigenvalue weighted by atomic mass is 10.0. The Bertz CT molecular complexity index is 1010. The molecular weight excluding hydrogens is 346 g/mol. The molecule has 3 rings (SSSR count). The smallest absolute Gasteiger partial charge is 0.341 e. The highest BCUT2D eigenvalue weighted by Crippen LogP contribution is 2.36. The average molecular weight is 367 g/mol. The fourth-order valence-corrected chi connectivity index (χ4v) is 3.04. The standard InChI is InChI=1S/C21H21NO5/c1-12-5-7-17(26-4)20-13(2)9-15(22-21(12)20)14-6-8-16(25-3)18(10-14)27-11-19(23)24/h5-10H,11H2,1-4H3,(H,23,24). The fourth-order valence-electron chi connectivity index (χ4n) is 3.04. The van der Waals surface area contributed by atoms with Crippen LogP contribution in [0.3, 0.4) is 0 Å². The molecule has 6 heteroatoms. The van der Waals surface area contributed by atoms with Crippen LogP contribution in [0.25, 0.3) is 22.2 Å². The topological polar surface area (TPSA) is 77.9 Å². The predicted molar refractivity (Wildman–Crippen MR) is 103 cm³/mol. The monoisotopic (exact) mass is 367 g/mol. The Hall–Kier alpha value is -3.28. The molecule has 0 unspecified atom stereocenters. The van der Waals surface area contributed by atoms with Crippen LogP contribution in [0, 0.1) is 13.8 Å². The summed E-state index contributed by atoms with van der Waals surface area (Å²) in [5, 5.41) is 9.85. The Labute approximate surface area is 157 Å². The molecule has 0 fully saturated rings. The van der Waals surface area contributed by atoms with Gasteiger partial charge in [-0.2, -0.15) is 0 Å². The van der Waals surface area contributed by atoms with Crippen molar-refractivity contribution in [2.75, 3.05) is 20.8 Å². The average Bonchev–Trinajstić information content (AvgIpc) is 2.66. The highest BCUT2D eigenvalue weighted by Gasteiger charge is 2.14. The molecule has 0 aliphatic heterocycles. The van der Waals surface area contributed by atoms with Gasteiger partial charge in [0.25, 0.3) is 0 Å². The van der Waals surface area contributed by atoms with E-state index in [-0.39, 0.29) is 0 Å². The molecule has 0 saturated heterocycles. The molecule has 1 heterocycles. The first-order chi connectivity index (χ1) is 12.9. The van der Waals surface area contributed by atoms with Gasteiger partial charge >= 0.3 is 5.97 Å². The Morgan fingerprint density at radius 2 is 1.67 bits per heavy atom. The van der Waals surface area contributed by atoms with Crippen LogP contribution in [0.2, 0.25) is 0 Å². The summed E-state index contributed by atoms with van der Waals surface area (Å²) in [6, 6.07) is 11.3. The molecule has 6 nitrogen and oxygen atoms in total. The molecule has 0 aliphatic carbocycles. The zero-order chi connectivity index (χ0) is 19.6. The second-order valence-corrected chi connectivity index (χ2v) is 6.18. The van der Waals surface area contributed by atoms with Crippen LogP contribution in [-0.4, -0.2) is 36.9 Å². The van der Waals surface area contributed by atoms with Gasteiger partial charge in [0.1, 0.15) is 5.75 Å². The predicted octanol–water partition coefficient (Wildman–Crippen LogP) is 4.00. The third-order valence-corrected chi connectivity index (χ3v) is 4.35. The number of benzene rings is 2. The van der Waals surface area contributed by atoms with Crippen molar-refractivity contribution in [3.63, 3.8) is 0 Å². The molecule has 140 valence electrons. The van der Waals surface area contributed by atoms with Crippen LogP contribution < -0.4 is 14.2 Å². The zero-order valence-electron chi connectivity index (χ0n) is 15.7. The van der Waals surface area contributed by atoms with Gasteiger partial charge in [-0.25, -0.2) is 9.78 Å². The second-order valence-electron chi connectivity index (χ2n) is 6.18. The summed E-state index contributed by atoms with van der Waals surface area (Å²) in [6.07, 6.45) is 0. The summed E-state index contributed by atoms with van der Waals surface area (Å²) in [4.78, 5) is 15.6. The van der Waals surface area contributed by atoms with Crippen LogP contribution in [0.1, 0.15) is 11.1 Å². The lowest BCUT2D eigenvalue weighted by Crippen LogP contribution is -2.10. The number of hydrogen-bond acceptors (Lipinski definition) is 5. The Kier molecular flexibility index (Phi) is 5.16. The van der Waals surface area contributed by atoms with Crippen molar-refractivity contribution >= 4 is 16.9 Å². The minimum absolute atomic E-state index is 0.360. The molecule has 0 aliphatic rings. The number of aromatic nitrogens is 1. The van der Waals surface area contributed by atoms with Crippen molar-refractivity contribution in [1.29, 1.82) is 0 Å². The lowest BCUT2D eigenvalue weighted by molar-refractivity contribution is -0.139. The first-order valence-corrected chi connectivity index (χ1v) is 8.42. The third kappa shape index (κ3) is 3.65. The maximum absolute atomic E-state index is 10.8. The molecule has 0 saturated carbocycles. The summed E-state index contributed by atoms with van der Waals surface area (Å²) in [7, 11) is 3.16. The summed E-state index contributed by atoms with van der Waals surface area (Å²) in [5.41, 5.74) is 4.53. The second kappa shape index (κ2) is 7.53. The maximum atomic E-state index is 10.8. The summed E-state index contributed by atoms with van der Waals surface area (Å²) < 4.78 is 16.1. The van der Waals surface area contributed by atoms with Gasteiger partial charge in [0.2, 0.25) is 0 Å². The van der Waals surface area contributed by atoms with Crippen molar-refractivity contribution in [2.45, 2.75) is 13.8 Å². The Morgan fingerprint density at radius 3 is 2.33 bits per heavy atom. The number of aryl methyl sites for hydroxylation is 2. The van der Waals surface area contributed by atoms with Crippen molar-refractivity contribution in [1.82, 2.24) is 4.98 Å². The van der Waals surface area contributed by atoms with Crippen molar-refractivity contribution in [3.05, 3.63) is 47.5 Å². The van der Waals surface area contributed by atoms with Gasteiger partial charge in [-0.15, -0.1) is 0 Å². The number of methoxy groups -OCH3 is 2. The zero-order valence-corrected chi connectivity index (χ0v) is 15.7. The van der Waals surface area contributed by atoms with Crippen molar-refractivity contribution in [2.24, 2.45) is 0 Å². The van der Waals surface area contributed by atoms with E-state index in [1.54, 1.807) is 19.2 Å². The third-order valence-electron chi connectivity index (χ3n) is 4.35. The van der Waals surface area contributed by atoms with Gasteiger partial charge in [0.15, 0.2) is 18.1 Å². The highest BCUT2D eigenvalue weighted by molar-refractivity contribution is 5.92. The summed E-state index contributed by atoms with van der Waals surface area (Å²) >= 11 is 0. The molecule has 0 bridgehead atoms. The van der Waals surface area contributed by atoms with E-state index in [1.807, 2.05) is 38.1 Å². The van der Waals surface area contributed by atoms with E-state index in [1.165, 1.54) is 7.11 Å². The number of carboxylic acids is 1. The van der Waals surface area contributed by atoms with Gasteiger partial charge in [-0.1, -0.05) is 6.07 Å². The Morgan fingerprint density at radius 1 is 0.963 bits per heavy atom. The number of aliphatic carboxylic acids is 1. The number of carbonyl (C=O) groups is 1. The normalized spacial score (nSPS) is 10.7. The summed E-state index contributed by atoms with van der Waals surface area (Å²) in [6.45, 7) is 3.58. The van der Waals surface area contributed by atoms with E-state index in [4.69, 9.17) is 24.3 Å². The number of nitrogens with zero attached hydrogens (tertiary/aromatic N) is 1. The van der Waals surface area contributed by atoms with E-state index in [2.05, 4.69) is 0 Å². The highest BCUT2D eigenvalue weighted by atomic mass is 16.5. The first kappa shape index (κ1) is 18.5. The molecule has 0 radical (unpaired) electrons. The number of hydrogen-bond donors (Lipinski definition) is 1. The van der Waals surface area contributed by atoms with Crippen LogP contribution in [-0.2, 0) is 4.79 Å². The molecule has 0 spiro atoms. The molecule has 3 aromatic rings. The van der Waals surface area contributed by atoms with Crippen molar-refractivity contribution < 1.29 is 24.1 Å². The summed E-state index contributed by atoms with van der Waals surface area (Å²) in [5.74, 6) is 0.562. The molecule has 1 aromatic heterocycles. The quantitative estimate of drug-likeness (QED) is 0.709. The van der Waals surface area contributed by atoms with Crippen LogP contribution in [0.4, 0.5) is 0 Å². The number of carboxylic acid groups (broad SMARTS) is 1. The number of ether oxygens (including phenoxy) is 3. The number of rotatable bonds is 6. The van der Waals surface area contributed by atoms with E-state index in [9.17, 15) is 4.79 Å². The fraction of sp³-hybridized carbons (Fsp3) is 0.238. The van der Waals surface area contributed by atoms with E-state index in [0.717, 1.165) is 39.0 Å². The number of pyridine rings is 1. The SMILES string of the molecule is COc1ccc(-c2cc(C)c3c(OC)ccc(C)c3n2)cc1OCC(=O)O. The van der Waals surface area contributed by atoms with Crippen molar-refractivity contribution in [3.8, 4) is 28.5 Å². The van der Waals surface area contributed by atoms with E-state index in [0.29, 0.717) is 11.5 Å². The van der Waals surface area contributed by atoms with Crippen LogP contribution in [0.15, 0.2) is 36.4 Å². The van der Waals surface area contributed by atoms with Gasteiger partial charge in [0.05, 0.1) is 25.4 Å². The van der Waals surface area contributed by atoms with E-state index < -0.39 is 12.6 Å². The molecule has 27 heavy (non-hydrogen) atoms. The Balaban J connectivity index is 2.13. The van der Waals surface area contributed by atoms with Gasteiger partial charge < -0.3 is 19.3 Å². The first-order valence-electron chi connectivity index (χ1n) is 8.42. The van der Waals surface area contributed by atoms with Crippen LogP contribution >= 0.6 is 0 Å². The lowest BCUT2D eigenvalue weighted by Gasteiger charge is -2.14. The largest absolute Gasteiger partial charge is 0.496 e. The van der Waals surface area contributed by atoms with E-state index >= 15 is 0 Å². The minimum atomic E-state index is -1.05. The molecule has 0 amide bonds. The molecule has 2 aromatic carbocycles.